The highest BCUT2D eigenvalue weighted by Gasteiger charge is 2.58. The number of esters is 2. The van der Waals surface area contributed by atoms with E-state index in [-0.39, 0.29) is 28.1 Å². The summed E-state index contributed by atoms with van der Waals surface area (Å²) in [6.45, 7) is 0.701. The van der Waals surface area contributed by atoms with Gasteiger partial charge in [-0.3, -0.25) is 9.78 Å². The van der Waals surface area contributed by atoms with Crippen molar-refractivity contribution in [1.82, 2.24) is 9.97 Å². The van der Waals surface area contributed by atoms with Gasteiger partial charge in [-0.25, -0.2) is 23.8 Å². The molecule has 10 nitrogen and oxygen atoms in total. The van der Waals surface area contributed by atoms with E-state index in [1.54, 1.807) is 78.9 Å². The lowest BCUT2D eigenvalue weighted by molar-refractivity contribution is -0.0445. The van der Waals surface area contributed by atoms with Crippen LogP contribution in [0.4, 0.5) is 10.2 Å². The van der Waals surface area contributed by atoms with E-state index in [4.69, 9.17) is 14.2 Å². The number of hydrogen-bond acceptors (Lipinski definition) is 8. The van der Waals surface area contributed by atoms with Crippen molar-refractivity contribution in [3.63, 3.8) is 0 Å². The number of H-pyrrole nitrogens is 1. The maximum atomic E-state index is 16.8. The Balaban J connectivity index is 1.45. The number of anilines is 1. The number of aromatic nitrogens is 2. The largest absolute Gasteiger partial charge is 0.459 e. The number of benzene rings is 3. The Labute approximate surface area is 239 Å². The summed E-state index contributed by atoms with van der Waals surface area (Å²) >= 11 is 0. The molecule has 0 unspecified atom stereocenters. The van der Waals surface area contributed by atoms with Crippen molar-refractivity contribution in [1.29, 1.82) is 0 Å². The Kier molecular flexibility index (Phi) is 8.21. The maximum Gasteiger partial charge on any atom is 0.346 e. The van der Waals surface area contributed by atoms with Crippen molar-refractivity contribution in [3.8, 4) is 0 Å². The Hall–Kier alpha value is -5.16. The summed E-state index contributed by atoms with van der Waals surface area (Å²) in [5.74, 6) is -2.21. The molecule has 1 amide bonds. The molecular formula is C31H26FN3O7. The zero-order valence-electron chi connectivity index (χ0n) is 22.4. The van der Waals surface area contributed by atoms with Crippen LogP contribution in [0.25, 0.3) is 0 Å². The number of halogens is 1. The normalized spacial score (nSPS) is 21.3. The molecule has 1 saturated heterocycles. The molecule has 2 heterocycles. The molecule has 42 heavy (non-hydrogen) atoms. The fourth-order valence-corrected chi connectivity index (χ4v) is 4.64. The van der Waals surface area contributed by atoms with Gasteiger partial charge in [0.05, 0.1) is 11.1 Å². The molecular weight excluding hydrogens is 545 g/mol. The predicted molar refractivity (Wildman–Crippen MR) is 149 cm³/mol. The third-order valence-electron chi connectivity index (χ3n) is 6.75. The number of carbonyl (C=O) groups excluding carboxylic acids is 3. The van der Waals surface area contributed by atoms with Crippen LogP contribution in [-0.4, -0.2) is 52.3 Å². The summed E-state index contributed by atoms with van der Waals surface area (Å²) in [6.07, 6.45) is -3.23. The first kappa shape index (κ1) is 28.4. The van der Waals surface area contributed by atoms with E-state index >= 15 is 4.39 Å². The molecule has 1 fully saturated rings. The van der Waals surface area contributed by atoms with Gasteiger partial charge in [-0.05, 0) is 43.3 Å². The number of ether oxygens (including phenoxy) is 3. The molecule has 214 valence electrons. The molecule has 0 radical (unpaired) electrons. The zero-order chi connectivity index (χ0) is 29.7. The molecule has 1 aromatic heterocycles. The van der Waals surface area contributed by atoms with Gasteiger partial charge < -0.3 is 19.5 Å². The van der Waals surface area contributed by atoms with Crippen LogP contribution in [0.1, 0.15) is 49.7 Å². The Morgan fingerprint density at radius 2 is 1.45 bits per heavy atom. The predicted octanol–water partition coefficient (Wildman–Crippen LogP) is 4.27. The van der Waals surface area contributed by atoms with Crippen molar-refractivity contribution in [2.45, 2.75) is 30.9 Å². The van der Waals surface area contributed by atoms with Gasteiger partial charge >= 0.3 is 17.6 Å². The zero-order valence-corrected chi connectivity index (χ0v) is 22.4. The van der Waals surface area contributed by atoms with E-state index in [0.717, 1.165) is 13.1 Å². The van der Waals surface area contributed by atoms with Gasteiger partial charge in [0.15, 0.2) is 11.8 Å². The smallest absolute Gasteiger partial charge is 0.346 e. The van der Waals surface area contributed by atoms with E-state index in [1.165, 1.54) is 12.1 Å². The molecule has 5 rings (SSSR count). The number of carbonyl (C=O) groups is 3. The number of nitrogens with one attached hydrogen (secondary N) is 2. The summed E-state index contributed by atoms with van der Waals surface area (Å²) in [5, 5.41) is 2.58. The van der Waals surface area contributed by atoms with Crippen LogP contribution in [0, 0.1) is 0 Å². The van der Waals surface area contributed by atoms with Gasteiger partial charge in [-0.15, -0.1) is 0 Å². The number of hydrogen-bond donors (Lipinski definition) is 2. The number of aromatic amines is 1. The van der Waals surface area contributed by atoms with Crippen LogP contribution >= 0.6 is 0 Å². The number of nitrogens with zero attached hydrogens (tertiary/aromatic N) is 1. The van der Waals surface area contributed by atoms with Gasteiger partial charge in [0.1, 0.15) is 24.6 Å². The van der Waals surface area contributed by atoms with E-state index in [0.29, 0.717) is 0 Å². The highest BCUT2D eigenvalue weighted by molar-refractivity contribution is 6.04. The molecule has 11 heteroatoms. The van der Waals surface area contributed by atoms with E-state index < -0.39 is 54.1 Å². The van der Waals surface area contributed by atoms with Gasteiger partial charge in [-0.1, -0.05) is 54.6 Å². The lowest BCUT2D eigenvalue weighted by atomic mass is 9.90. The first-order chi connectivity index (χ1) is 20.2. The monoisotopic (exact) mass is 571 g/mol. The van der Waals surface area contributed by atoms with Gasteiger partial charge in [0, 0.05) is 17.3 Å². The molecule has 3 aromatic carbocycles. The molecule has 0 bridgehead atoms. The second-order valence-electron chi connectivity index (χ2n) is 9.70. The second-order valence-corrected chi connectivity index (χ2v) is 9.70. The number of amides is 1. The first-order valence-electron chi connectivity index (χ1n) is 13.0. The maximum absolute atomic E-state index is 16.8. The minimum Gasteiger partial charge on any atom is -0.459 e. The first-order valence-corrected chi connectivity index (χ1v) is 13.0. The summed E-state index contributed by atoms with van der Waals surface area (Å²) in [5.41, 5.74) is -2.50. The van der Waals surface area contributed by atoms with Crippen LogP contribution in [0.15, 0.2) is 102 Å². The van der Waals surface area contributed by atoms with Gasteiger partial charge in [0.2, 0.25) is 0 Å². The Bertz CT molecular complexity index is 1630. The highest BCUT2D eigenvalue weighted by atomic mass is 19.1. The molecule has 4 atom stereocenters. The fraction of sp³-hybridized carbons (Fsp3) is 0.194. The Morgan fingerprint density at radius 3 is 2.05 bits per heavy atom. The summed E-state index contributed by atoms with van der Waals surface area (Å²) in [6, 6.07) is 24.4. The Morgan fingerprint density at radius 1 is 0.905 bits per heavy atom. The minimum absolute atomic E-state index is 0.0125. The fourth-order valence-electron chi connectivity index (χ4n) is 4.64. The van der Waals surface area contributed by atoms with Crippen molar-refractivity contribution in [2.75, 3.05) is 11.9 Å². The van der Waals surface area contributed by atoms with Crippen molar-refractivity contribution < 1.29 is 33.0 Å². The molecule has 0 aliphatic carbocycles. The van der Waals surface area contributed by atoms with Gasteiger partial charge in [-0.2, -0.15) is 0 Å². The van der Waals surface area contributed by atoms with Crippen molar-refractivity contribution in [3.05, 3.63) is 130 Å². The van der Waals surface area contributed by atoms with Crippen LogP contribution in [0.5, 0.6) is 0 Å². The lowest BCUT2D eigenvalue weighted by Crippen LogP contribution is -2.43. The molecule has 0 spiro atoms. The third-order valence-corrected chi connectivity index (χ3v) is 6.75. The number of alkyl halides is 1. The van der Waals surface area contributed by atoms with Crippen molar-refractivity contribution >= 4 is 23.7 Å². The van der Waals surface area contributed by atoms with E-state index in [2.05, 4.69) is 15.3 Å². The average Bonchev–Trinajstić information content (AvgIpc) is 3.26. The topological polar surface area (TPSA) is 137 Å². The van der Waals surface area contributed by atoms with E-state index in [9.17, 15) is 19.2 Å². The molecule has 4 aromatic rings. The number of rotatable bonds is 8. The lowest BCUT2D eigenvalue weighted by Gasteiger charge is -2.28. The summed E-state index contributed by atoms with van der Waals surface area (Å²) in [4.78, 5) is 56.7. The summed E-state index contributed by atoms with van der Waals surface area (Å²) < 4.78 is 33.8. The SMILES string of the molecule is C[C@@]1(F)[C@@H](c2cnc(=O)[nH]c2NC(=O)c2ccccc2)O[C@H](COC(=O)c2ccccc2)[C@H]1OC(=O)c1ccccc1. The molecule has 2 N–H and O–H groups in total. The van der Waals surface area contributed by atoms with E-state index in [1.807, 2.05) is 0 Å². The van der Waals surface area contributed by atoms with Crippen LogP contribution < -0.4 is 11.0 Å². The van der Waals surface area contributed by atoms with Crippen LogP contribution in [-0.2, 0) is 14.2 Å². The van der Waals surface area contributed by atoms with Gasteiger partial charge in [0.25, 0.3) is 5.91 Å². The van der Waals surface area contributed by atoms with Crippen LogP contribution in [0.3, 0.4) is 0 Å². The van der Waals surface area contributed by atoms with Crippen LogP contribution in [0.2, 0.25) is 0 Å². The third kappa shape index (κ3) is 6.11. The molecule has 0 saturated carbocycles. The minimum atomic E-state index is -2.43. The standard InChI is InChI=1S/C31H26FN3O7/c1-31(32)24(22-17-33-30(39)35-26(22)34-27(36)19-11-5-2-6-12-19)41-23(18-40-28(37)20-13-7-3-8-14-20)25(31)42-29(38)21-15-9-4-10-16-21/h2-17,23-25H,18H2,1H3,(H2,33,34,35,36,39)/t23-,24-,25-,31-/m1/s1. The highest BCUT2D eigenvalue weighted by Crippen LogP contribution is 2.47. The quantitative estimate of drug-likeness (QED) is 0.299. The average molecular weight is 572 g/mol. The summed E-state index contributed by atoms with van der Waals surface area (Å²) in [7, 11) is 0. The molecule has 1 aliphatic heterocycles. The van der Waals surface area contributed by atoms with Crippen molar-refractivity contribution in [2.24, 2.45) is 0 Å². The second kappa shape index (κ2) is 12.1. The molecule has 1 aliphatic rings.